The predicted molar refractivity (Wildman–Crippen MR) is 379 cm³/mol. The van der Waals surface area contributed by atoms with E-state index in [1.54, 1.807) is 27.3 Å². The lowest BCUT2D eigenvalue weighted by Gasteiger charge is -2.24. The Balaban J connectivity index is 0.000000160. The van der Waals surface area contributed by atoms with Crippen molar-refractivity contribution in [3.05, 3.63) is 285 Å². The van der Waals surface area contributed by atoms with Crippen molar-refractivity contribution in [2.24, 2.45) is 0 Å². The van der Waals surface area contributed by atoms with Crippen LogP contribution in [0.25, 0.3) is 132 Å². The van der Waals surface area contributed by atoms with E-state index in [4.69, 9.17) is 0 Å². The maximum Gasteiger partial charge on any atom is 0.420 e. The topological polar surface area (TPSA) is 43.5 Å². The highest BCUT2D eigenvalue weighted by Gasteiger charge is 2.41. The van der Waals surface area contributed by atoms with Crippen LogP contribution in [-0.4, -0.2) is 18.3 Å². The first-order chi connectivity index (χ1) is 46.7. The molecule has 0 spiro atoms. The summed E-state index contributed by atoms with van der Waals surface area (Å²) in [6.45, 7) is 15.5. The molecule has 0 saturated heterocycles. The lowest BCUT2D eigenvalue weighted by atomic mass is 9.95. The number of aryl methyl sites for hydroxylation is 8. The molecule has 12 aromatic carbocycles. The fraction of sp³-hybridized carbons (Fsp3) is 0.131. The second-order valence-electron chi connectivity index (χ2n) is 26.0. The van der Waals surface area contributed by atoms with Crippen LogP contribution in [0, 0.1) is 66.7 Å². The van der Waals surface area contributed by atoms with E-state index in [1.807, 2.05) is 128 Å². The molecule has 0 saturated carbocycles. The minimum absolute atomic E-state index is 0.0153. The number of fused-ring (bicyclic) bond motifs is 12. The van der Waals surface area contributed by atoms with Gasteiger partial charge in [-0.05, 0) is 207 Å². The van der Waals surface area contributed by atoms with Gasteiger partial charge in [0.05, 0.1) is 78.0 Å². The standard InChI is InChI=1S/C42H30F6N2.C42H30F3N3/c1-23-9-13-29-30-14-10-24(2)18-35(30)49(34(29)17-23)38-21-27(28-7-5-6-8-33(28)41(43,44)45)22-39(40(38)42(46,47)48)50-36-19-25(3)11-15-31(36)32-16-12-26(4)20-37(32)50;1-24-9-13-30-31-14-10-25(2)18-37(31)47(36(30)17-24)40-21-28(29-7-5-6-8-35(29)42(43,44)45)22-41(34(40)23-46)48-38-19-26(3)11-15-32(38)33-16-12-27(4)20-39(33)48/h5-22H,1-4H3;5-22H,1-4H3. The van der Waals surface area contributed by atoms with Crippen molar-refractivity contribution in [1.82, 2.24) is 18.3 Å². The number of alkyl halides is 9. The zero-order valence-electron chi connectivity index (χ0n) is 54.4. The number of aromatic nitrogens is 4. The number of benzene rings is 12. The van der Waals surface area contributed by atoms with Crippen molar-refractivity contribution in [2.45, 2.75) is 73.9 Å². The van der Waals surface area contributed by atoms with E-state index in [9.17, 15) is 31.6 Å². The molecular formula is C84H60F9N5. The maximum absolute atomic E-state index is 16.0. The zero-order chi connectivity index (χ0) is 68.8. The Morgan fingerprint density at radius 3 is 0.694 bits per heavy atom. The Morgan fingerprint density at radius 1 is 0.265 bits per heavy atom. The quantitative estimate of drug-likeness (QED) is 0.153. The molecule has 0 aliphatic carbocycles. The summed E-state index contributed by atoms with van der Waals surface area (Å²) in [6, 6.07) is 66.6. The molecule has 0 amide bonds. The third kappa shape index (κ3) is 10.4. The van der Waals surface area contributed by atoms with Crippen LogP contribution >= 0.6 is 0 Å². The van der Waals surface area contributed by atoms with Crippen molar-refractivity contribution in [2.75, 3.05) is 0 Å². The van der Waals surface area contributed by atoms with E-state index >= 15 is 13.2 Å². The maximum atomic E-state index is 16.0. The summed E-state index contributed by atoms with van der Waals surface area (Å²) in [5, 5.41) is 18.1. The lowest BCUT2D eigenvalue weighted by Crippen LogP contribution is -2.16. The summed E-state index contributed by atoms with van der Waals surface area (Å²) < 4.78 is 143. The summed E-state index contributed by atoms with van der Waals surface area (Å²) >= 11 is 0. The highest BCUT2D eigenvalue weighted by Crippen LogP contribution is 2.49. The van der Waals surface area contributed by atoms with Crippen molar-refractivity contribution in [1.29, 1.82) is 5.26 Å². The first kappa shape index (κ1) is 62.8. The minimum atomic E-state index is -4.92. The van der Waals surface area contributed by atoms with Gasteiger partial charge in [-0.2, -0.15) is 44.8 Å². The van der Waals surface area contributed by atoms with Gasteiger partial charge < -0.3 is 18.3 Å². The summed E-state index contributed by atoms with van der Waals surface area (Å²) in [4.78, 5) is 0. The SMILES string of the molecule is Cc1ccc2c3ccc(C)cc3n(-c3cc(-c4ccccc4C(F)(F)F)cc(-n4c5cc(C)ccc5c5ccc(C)cc54)c3C#N)c2c1.Cc1ccc2c3ccc(C)cc3n(-c3cc(-c4ccccc4C(F)(F)F)cc(-n4c5cc(C)ccc5c5ccc(C)cc54)c3C(F)(F)F)c2c1. The van der Waals surface area contributed by atoms with Gasteiger partial charge in [-0.1, -0.05) is 133 Å². The third-order valence-corrected chi connectivity index (χ3v) is 19.0. The van der Waals surface area contributed by atoms with Crippen LogP contribution in [0.4, 0.5) is 39.5 Å². The third-order valence-electron chi connectivity index (χ3n) is 19.0. The summed E-state index contributed by atoms with van der Waals surface area (Å²) in [5.74, 6) is 0. The summed E-state index contributed by atoms with van der Waals surface area (Å²) in [7, 11) is 0. The van der Waals surface area contributed by atoms with Crippen LogP contribution in [0.5, 0.6) is 0 Å². The number of nitrogens with zero attached hydrogens (tertiary/aromatic N) is 5. The minimum Gasteiger partial charge on any atom is -0.309 e. The van der Waals surface area contributed by atoms with Crippen LogP contribution in [0.3, 0.4) is 0 Å². The Kier molecular flexibility index (Phi) is 14.7. The van der Waals surface area contributed by atoms with Crippen LogP contribution in [0.1, 0.15) is 66.8 Å². The molecule has 0 N–H and O–H groups in total. The molecule has 0 aliphatic rings. The molecule has 0 atom stereocenters. The second kappa shape index (κ2) is 22.9. The molecule has 484 valence electrons. The van der Waals surface area contributed by atoms with Crippen molar-refractivity contribution in [3.63, 3.8) is 0 Å². The van der Waals surface area contributed by atoms with E-state index in [0.717, 1.165) is 122 Å². The Bertz CT molecular complexity index is 5540. The Hall–Kier alpha value is -11.3. The van der Waals surface area contributed by atoms with Crippen molar-refractivity contribution in [3.8, 4) is 51.1 Å². The molecule has 98 heavy (non-hydrogen) atoms. The Labute approximate surface area is 557 Å². The summed E-state index contributed by atoms with van der Waals surface area (Å²) in [5.41, 5.74) is 11.6. The lowest BCUT2D eigenvalue weighted by molar-refractivity contribution is -0.138. The monoisotopic (exact) mass is 1310 g/mol. The van der Waals surface area contributed by atoms with E-state index in [0.29, 0.717) is 44.6 Å². The number of hydrogen-bond donors (Lipinski definition) is 0. The first-order valence-electron chi connectivity index (χ1n) is 32.0. The average Bonchev–Trinajstić information content (AvgIpc) is 1.51. The zero-order valence-corrected chi connectivity index (χ0v) is 54.4. The van der Waals surface area contributed by atoms with Gasteiger partial charge in [0.1, 0.15) is 17.2 Å². The van der Waals surface area contributed by atoms with Gasteiger partial charge in [0, 0.05) is 43.1 Å². The highest BCUT2D eigenvalue weighted by molar-refractivity contribution is 6.14. The van der Waals surface area contributed by atoms with Crippen molar-refractivity contribution < 1.29 is 39.5 Å². The molecule has 0 fully saturated rings. The van der Waals surface area contributed by atoms with Gasteiger partial charge in [-0.3, -0.25) is 0 Å². The fourth-order valence-electron chi connectivity index (χ4n) is 14.6. The molecule has 5 nitrogen and oxygen atoms in total. The molecule has 16 aromatic rings. The van der Waals surface area contributed by atoms with E-state index in [-0.39, 0.29) is 28.1 Å². The predicted octanol–water partition coefficient (Wildman–Crippen LogP) is 24.5. The Morgan fingerprint density at radius 2 is 0.480 bits per heavy atom. The number of hydrogen-bond acceptors (Lipinski definition) is 1. The average molecular weight is 1310 g/mol. The van der Waals surface area contributed by atoms with Crippen LogP contribution in [0.15, 0.2) is 218 Å². The normalized spacial score (nSPS) is 12.3. The molecule has 16 rings (SSSR count). The molecule has 4 aromatic heterocycles. The first-order valence-corrected chi connectivity index (χ1v) is 32.0. The van der Waals surface area contributed by atoms with Crippen molar-refractivity contribution >= 4 is 87.2 Å². The highest BCUT2D eigenvalue weighted by atomic mass is 19.4. The van der Waals surface area contributed by atoms with Crippen LogP contribution in [-0.2, 0) is 18.5 Å². The van der Waals surface area contributed by atoms with Gasteiger partial charge in [0.25, 0.3) is 0 Å². The van der Waals surface area contributed by atoms with E-state index in [2.05, 4.69) is 88.0 Å². The molecule has 0 aliphatic heterocycles. The van der Waals surface area contributed by atoms with Gasteiger partial charge in [-0.15, -0.1) is 0 Å². The van der Waals surface area contributed by atoms with E-state index in [1.165, 1.54) is 42.5 Å². The molecule has 0 unspecified atom stereocenters. The fourth-order valence-corrected chi connectivity index (χ4v) is 14.6. The number of rotatable bonds is 6. The summed E-state index contributed by atoms with van der Waals surface area (Å²) in [6.07, 6.45) is -14.2. The van der Waals surface area contributed by atoms with Gasteiger partial charge in [-0.25, -0.2) is 0 Å². The molecular weight excluding hydrogens is 1250 g/mol. The number of halogens is 9. The number of nitriles is 1. The molecule has 0 bridgehead atoms. The smallest absolute Gasteiger partial charge is 0.309 e. The molecule has 14 heteroatoms. The van der Waals surface area contributed by atoms with Crippen LogP contribution in [0.2, 0.25) is 0 Å². The molecule has 4 heterocycles. The van der Waals surface area contributed by atoms with Gasteiger partial charge >= 0.3 is 18.5 Å². The largest absolute Gasteiger partial charge is 0.420 e. The second-order valence-corrected chi connectivity index (χ2v) is 26.0. The van der Waals surface area contributed by atoms with Gasteiger partial charge in [0.2, 0.25) is 0 Å². The molecule has 0 radical (unpaired) electrons. The van der Waals surface area contributed by atoms with Gasteiger partial charge in [0.15, 0.2) is 0 Å². The van der Waals surface area contributed by atoms with E-state index < -0.39 is 35.2 Å². The van der Waals surface area contributed by atoms with Crippen LogP contribution < -0.4 is 0 Å².